The van der Waals surface area contributed by atoms with E-state index in [0.29, 0.717) is 10.8 Å². The fourth-order valence-corrected chi connectivity index (χ4v) is 9.42. The number of rotatable bonds is 5. The van der Waals surface area contributed by atoms with Crippen LogP contribution in [0.25, 0.3) is 0 Å². The highest BCUT2D eigenvalue weighted by atomic mass is 16.3. The van der Waals surface area contributed by atoms with Crippen LogP contribution in [0.4, 0.5) is 0 Å². The molecule has 0 heterocycles. The maximum atomic E-state index is 10.2. The molecular formula is C54H94O2. The molecule has 4 rings (SSSR count). The summed E-state index contributed by atoms with van der Waals surface area (Å²) >= 11 is 0. The monoisotopic (exact) mass is 775 g/mol. The molecule has 56 heavy (non-hydrogen) atoms. The van der Waals surface area contributed by atoms with E-state index in [9.17, 15) is 5.11 Å². The number of hydrogen-bond acceptors (Lipinski definition) is 1. The molecule has 2 nitrogen and oxygen atoms in total. The Balaban J connectivity index is -0.0000000365. The Bertz CT molecular complexity index is 2340. The molecule has 322 valence electrons. The minimum absolute atomic E-state index is 0. The lowest BCUT2D eigenvalue weighted by atomic mass is 9.47. The fraction of sp³-hybridized carbons (Fsp3) is 0.481. The minimum atomic E-state index is -0.0766. The van der Waals surface area contributed by atoms with E-state index in [2.05, 4.69) is 189 Å². The summed E-state index contributed by atoms with van der Waals surface area (Å²) in [6.45, 7) is 14.3. The van der Waals surface area contributed by atoms with Gasteiger partial charge in [-0.2, -0.15) is 0 Å². The zero-order valence-electron chi connectivity index (χ0n) is 33.9. The van der Waals surface area contributed by atoms with Crippen molar-refractivity contribution in [2.45, 2.75) is 118 Å². The van der Waals surface area contributed by atoms with Crippen molar-refractivity contribution >= 4 is 0 Å². The van der Waals surface area contributed by atoms with Gasteiger partial charge >= 0.3 is 0 Å². The first-order chi connectivity index (χ1) is 26.7. The number of aliphatic hydroxyl groups is 1. The van der Waals surface area contributed by atoms with Crippen LogP contribution in [-0.4, -0.2) is 16.7 Å². The maximum Gasteiger partial charge on any atom is 0.0577 e. The molecule has 0 amide bonds. The van der Waals surface area contributed by atoms with E-state index in [4.69, 9.17) is 6.42 Å². The van der Waals surface area contributed by atoms with Crippen molar-refractivity contribution in [2.24, 2.45) is 46.3 Å². The molecule has 0 aromatic carbocycles. The summed E-state index contributed by atoms with van der Waals surface area (Å²) in [5.74, 6) is 67.4. The lowest BCUT2D eigenvalue weighted by Crippen LogP contribution is -2.50. The Labute approximate surface area is 371 Å². The van der Waals surface area contributed by atoms with Gasteiger partial charge in [-0.1, -0.05) is 71.5 Å². The Morgan fingerprint density at radius 3 is 1.61 bits per heavy atom. The molecule has 4 aliphatic carbocycles. The van der Waals surface area contributed by atoms with E-state index in [1.807, 2.05) is 0 Å². The van der Waals surface area contributed by atoms with Crippen molar-refractivity contribution in [1.29, 1.82) is 0 Å². The van der Waals surface area contributed by atoms with E-state index in [1.54, 1.807) is 12.5 Å². The van der Waals surface area contributed by atoms with Gasteiger partial charge in [0.1, 0.15) is 0 Å². The molecule has 0 bridgehead atoms. The second-order valence-electron chi connectivity index (χ2n) is 15.5. The molecule has 0 aromatic rings. The van der Waals surface area contributed by atoms with Gasteiger partial charge in [0.15, 0.2) is 0 Å². The molecule has 0 aliphatic heterocycles. The number of fused-ring (bicyclic) bond motifs is 5. The molecule has 3 fully saturated rings. The highest BCUT2D eigenvalue weighted by Crippen LogP contribution is 2.67. The normalized spacial score (nSPS) is 25.1. The SMILES string of the molecule is C#CC#CC#CC#CC#CC#CC#CC#CC#CC#CC#CC#CC#CC.CC(C)CCCC(C)C1CCC2C3CC=C4CC(O)CCC4(C)C3CCC12C.O.[HH].[HH].[HH].[HH].[HH].[HH].[HH].[HH].[HH].[HH].[HH].[HH].[HH].[HH].[HH].[HH].[HH].[HH].[HH].[HH].[HH]. The molecule has 8 unspecified atom stereocenters. The number of aliphatic hydroxyl groups excluding tert-OH is 1. The van der Waals surface area contributed by atoms with Crippen molar-refractivity contribution in [3.63, 3.8) is 0 Å². The first kappa shape index (κ1) is 46.1. The predicted molar refractivity (Wildman–Crippen MR) is 275 cm³/mol. The zero-order chi connectivity index (χ0) is 39.8. The smallest absolute Gasteiger partial charge is 0.0577 e. The Kier molecular flexibility index (Phi) is 20.7. The third-order valence-corrected chi connectivity index (χ3v) is 11.9. The number of hydrogen-bond donors (Lipinski definition) is 1. The van der Waals surface area contributed by atoms with Crippen LogP contribution in [0, 0.1) is 201 Å². The first-order valence-electron chi connectivity index (χ1n) is 19.4. The molecule has 2 heteroatoms. The van der Waals surface area contributed by atoms with Crippen LogP contribution in [0.15, 0.2) is 11.6 Å². The summed E-state index contributed by atoms with van der Waals surface area (Å²) in [5.41, 5.74) is 2.60. The summed E-state index contributed by atoms with van der Waals surface area (Å²) in [4.78, 5) is 0. The molecule has 0 saturated heterocycles. The molecule has 0 radical (unpaired) electrons. The highest BCUT2D eigenvalue weighted by molar-refractivity contribution is 5.48. The van der Waals surface area contributed by atoms with Crippen LogP contribution >= 0.6 is 0 Å². The minimum Gasteiger partial charge on any atom is -0.412 e. The van der Waals surface area contributed by atoms with Gasteiger partial charge in [0.2, 0.25) is 0 Å². The average molecular weight is 775 g/mol. The van der Waals surface area contributed by atoms with Crippen molar-refractivity contribution < 1.29 is 40.5 Å². The van der Waals surface area contributed by atoms with Crippen LogP contribution in [-0.2, 0) is 0 Å². The van der Waals surface area contributed by atoms with Crippen LogP contribution in [0.3, 0.4) is 0 Å². The van der Waals surface area contributed by atoms with Crippen LogP contribution < -0.4 is 0 Å². The van der Waals surface area contributed by atoms with E-state index < -0.39 is 0 Å². The van der Waals surface area contributed by atoms with E-state index in [0.717, 1.165) is 48.3 Å². The second kappa shape index (κ2) is 25.1. The van der Waals surface area contributed by atoms with Gasteiger partial charge < -0.3 is 10.6 Å². The van der Waals surface area contributed by atoms with Crippen LogP contribution in [0.2, 0.25) is 0 Å². The Hall–Kier alpha value is -6.06. The van der Waals surface area contributed by atoms with Gasteiger partial charge in [0, 0.05) is 77.3 Å². The van der Waals surface area contributed by atoms with E-state index in [1.165, 1.54) is 57.8 Å². The van der Waals surface area contributed by atoms with Crippen LogP contribution in [0.1, 0.15) is 142 Å². The summed E-state index contributed by atoms with van der Waals surface area (Å²) < 4.78 is 0. The van der Waals surface area contributed by atoms with Gasteiger partial charge in [-0.15, -0.1) is 6.42 Å². The summed E-state index contributed by atoms with van der Waals surface area (Å²) in [6.07, 6.45) is 22.1. The molecule has 3 saturated carbocycles. The van der Waals surface area contributed by atoms with Gasteiger partial charge in [0.05, 0.1) is 6.10 Å². The quantitative estimate of drug-likeness (QED) is 0.219. The number of terminal acetylenes is 1. The predicted octanol–water partition coefficient (Wildman–Crippen LogP) is 12.4. The highest BCUT2D eigenvalue weighted by Gasteiger charge is 2.59. The Morgan fingerprint density at radius 1 is 0.661 bits per heavy atom. The van der Waals surface area contributed by atoms with Gasteiger partial charge in [-0.25, -0.2) is 0 Å². The second-order valence-corrected chi connectivity index (χ2v) is 15.5. The van der Waals surface area contributed by atoms with E-state index >= 15 is 0 Å². The lowest BCUT2D eigenvalue weighted by molar-refractivity contribution is -0.0573. The average Bonchev–Trinajstić information content (AvgIpc) is 3.53. The van der Waals surface area contributed by atoms with E-state index in [-0.39, 0.29) is 41.5 Å². The molecular weight excluding hydrogens is 681 g/mol. The van der Waals surface area contributed by atoms with Crippen molar-refractivity contribution in [1.82, 2.24) is 0 Å². The Morgan fingerprint density at radius 2 is 1.14 bits per heavy atom. The van der Waals surface area contributed by atoms with Crippen molar-refractivity contribution in [3.05, 3.63) is 11.6 Å². The summed E-state index contributed by atoms with van der Waals surface area (Å²) in [6, 6.07) is 0. The zero-order valence-corrected chi connectivity index (χ0v) is 33.9. The maximum absolute atomic E-state index is 10.2. The molecule has 3 N–H and O–H groups in total. The van der Waals surface area contributed by atoms with Crippen molar-refractivity contribution in [2.75, 3.05) is 0 Å². The molecule has 4 aliphatic rings. The summed E-state index contributed by atoms with van der Waals surface area (Å²) in [7, 11) is 0. The van der Waals surface area contributed by atoms with Crippen molar-refractivity contribution in [3.8, 4) is 154 Å². The summed E-state index contributed by atoms with van der Waals surface area (Å²) in [5, 5.41) is 10.2. The number of allylic oxidation sites excluding steroid dienone is 1. The molecule has 8 atom stereocenters. The van der Waals surface area contributed by atoms with Gasteiger partial charge in [-0.3, -0.25) is 0 Å². The first-order valence-corrected chi connectivity index (χ1v) is 19.4. The fourth-order valence-electron chi connectivity index (χ4n) is 9.42. The van der Waals surface area contributed by atoms with Gasteiger partial charge in [-0.05, 0) is 199 Å². The third-order valence-electron chi connectivity index (χ3n) is 11.9. The molecule has 0 spiro atoms. The largest absolute Gasteiger partial charge is 0.412 e. The van der Waals surface area contributed by atoms with Gasteiger partial charge in [0.25, 0.3) is 0 Å². The molecule has 0 aromatic heterocycles. The topological polar surface area (TPSA) is 51.7 Å². The van der Waals surface area contributed by atoms with Crippen LogP contribution in [0.5, 0.6) is 0 Å². The standard InChI is InChI=1S/C27H46O.C27H4.H2O.21H2/c1-18(2)7-6-8-19(3)23-11-12-24-22-10-9-20-17-21(28)13-15-26(20,4)25(22)14-16-27(23,24)5;1-3-5-7-9-11-13-15-17-19-21-23-25-27-26-24-22-20-18-16-14-12-10-8-6-4-2;;;;;;;;;;;;;;;;;;;;;;/h9,18-19,21-25,28H,6-8,10-17H2,1-5H3;1H,2H3;1H2;21*1H. The lowest BCUT2D eigenvalue weighted by Gasteiger charge is -2.58. The third kappa shape index (κ3) is 14.3.